The first-order valence-corrected chi connectivity index (χ1v) is 23.2. The smallest absolute Gasteiger partial charge is 0.306 e. The van der Waals surface area contributed by atoms with E-state index in [2.05, 4.69) is 34.6 Å². The zero-order valence-corrected chi connectivity index (χ0v) is 36.1. The maximum atomic E-state index is 12.7. The first-order chi connectivity index (χ1) is 25.7. The summed E-state index contributed by atoms with van der Waals surface area (Å²) in [6, 6.07) is 0. The van der Waals surface area contributed by atoms with Crippen molar-refractivity contribution in [2.24, 2.45) is 11.8 Å². The highest BCUT2D eigenvalue weighted by atomic mass is 16.6. The Morgan fingerprint density at radius 2 is 0.623 bits per heavy atom. The fourth-order valence-electron chi connectivity index (χ4n) is 6.93. The van der Waals surface area contributed by atoms with Gasteiger partial charge in [0.1, 0.15) is 13.2 Å². The van der Waals surface area contributed by atoms with E-state index < -0.39 is 6.10 Å². The van der Waals surface area contributed by atoms with Crippen molar-refractivity contribution in [2.75, 3.05) is 13.2 Å². The molecule has 0 aromatic carbocycles. The third kappa shape index (κ3) is 41.4. The van der Waals surface area contributed by atoms with Gasteiger partial charge in [0, 0.05) is 19.3 Å². The highest BCUT2D eigenvalue weighted by Crippen LogP contribution is 2.16. The predicted molar refractivity (Wildman–Crippen MR) is 224 cm³/mol. The molecule has 0 aromatic rings. The van der Waals surface area contributed by atoms with Crippen LogP contribution >= 0.6 is 0 Å². The molecule has 0 fully saturated rings. The van der Waals surface area contributed by atoms with E-state index in [0.717, 1.165) is 69.6 Å². The van der Waals surface area contributed by atoms with Crippen molar-refractivity contribution in [3.63, 3.8) is 0 Å². The van der Waals surface area contributed by atoms with Gasteiger partial charge >= 0.3 is 17.9 Å². The Hall–Kier alpha value is -1.59. The Bertz CT molecular complexity index is 809. The van der Waals surface area contributed by atoms with E-state index in [1.54, 1.807) is 0 Å². The molecule has 53 heavy (non-hydrogen) atoms. The van der Waals surface area contributed by atoms with Crippen LogP contribution in [0.15, 0.2) is 0 Å². The van der Waals surface area contributed by atoms with E-state index in [4.69, 9.17) is 14.2 Å². The van der Waals surface area contributed by atoms with Crippen molar-refractivity contribution in [3.8, 4) is 0 Å². The summed E-state index contributed by atoms with van der Waals surface area (Å²) < 4.78 is 16.7. The van der Waals surface area contributed by atoms with Crippen LogP contribution in [0.5, 0.6) is 0 Å². The van der Waals surface area contributed by atoms with Crippen molar-refractivity contribution < 1.29 is 28.6 Å². The molecule has 0 unspecified atom stereocenters. The van der Waals surface area contributed by atoms with E-state index in [0.29, 0.717) is 19.3 Å². The quantitative estimate of drug-likeness (QED) is 0.0352. The highest BCUT2D eigenvalue weighted by Gasteiger charge is 2.19. The number of unbranched alkanes of at least 4 members (excludes halogenated alkanes) is 26. The number of hydrogen-bond donors (Lipinski definition) is 0. The normalized spacial score (nSPS) is 12.1. The maximum Gasteiger partial charge on any atom is 0.306 e. The molecule has 0 N–H and O–H groups in total. The Kier molecular flexibility index (Phi) is 38.9. The van der Waals surface area contributed by atoms with E-state index >= 15 is 0 Å². The molecule has 0 aliphatic rings. The van der Waals surface area contributed by atoms with E-state index in [9.17, 15) is 14.4 Å². The van der Waals surface area contributed by atoms with Crippen LogP contribution in [0.3, 0.4) is 0 Å². The van der Waals surface area contributed by atoms with Gasteiger partial charge in [0.25, 0.3) is 0 Å². The number of carbonyl (C=O) groups is 3. The average molecular weight is 751 g/mol. The number of ether oxygens (including phenoxy) is 3. The van der Waals surface area contributed by atoms with Crippen molar-refractivity contribution in [1.82, 2.24) is 0 Å². The van der Waals surface area contributed by atoms with Gasteiger partial charge in [-0.2, -0.15) is 0 Å². The number of esters is 3. The van der Waals surface area contributed by atoms with Gasteiger partial charge < -0.3 is 14.2 Å². The first kappa shape index (κ1) is 51.4. The molecule has 0 radical (unpaired) electrons. The minimum absolute atomic E-state index is 0.0651. The lowest BCUT2D eigenvalue weighted by Gasteiger charge is -2.18. The van der Waals surface area contributed by atoms with Crippen LogP contribution in [0, 0.1) is 11.8 Å². The zero-order valence-electron chi connectivity index (χ0n) is 36.1. The van der Waals surface area contributed by atoms with Gasteiger partial charge in [0.05, 0.1) is 0 Å². The molecule has 0 amide bonds. The molecule has 0 aliphatic carbocycles. The second-order valence-corrected chi connectivity index (χ2v) is 17.0. The average Bonchev–Trinajstić information content (AvgIpc) is 3.12. The van der Waals surface area contributed by atoms with Crippen LogP contribution in [0.1, 0.15) is 253 Å². The third-order valence-corrected chi connectivity index (χ3v) is 10.5. The van der Waals surface area contributed by atoms with Gasteiger partial charge in [-0.05, 0) is 31.1 Å². The highest BCUT2D eigenvalue weighted by molar-refractivity contribution is 5.71. The van der Waals surface area contributed by atoms with Gasteiger partial charge in [0.2, 0.25) is 0 Å². The molecule has 0 rings (SSSR count). The summed E-state index contributed by atoms with van der Waals surface area (Å²) in [4.78, 5) is 37.7. The van der Waals surface area contributed by atoms with Crippen molar-refractivity contribution in [2.45, 2.75) is 259 Å². The molecular weight excluding hydrogens is 661 g/mol. The molecule has 0 aliphatic heterocycles. The molecular formula is C47H90O6. The molecule has 0 saturated carbocycles. The van der Waals surface area contributed by atoms with Crippen molar-refractivity contribution >= 4 is 17.9 Å². The van der Waals surface area contributed by atoms with Crippen LogP contribution in [-0.4, -0.2) is 37.2 Å². The van der Waals surface area contributed by atoms with Gasteiger partial charge in [-0.15, -0.1) is 0 Å². The van der Waals surface area contributed by atoms with E-state index in [1.807, 2.05) is 0 Å². The lowest BCUT2D eigenvalue weighted by Crippen LogP contribution is -2.30. The van der Waals surface area contributed by atoms with Crippen LogP contribution in [0.4, 0.5) is 0 Å². The maximum absolute atomic E-state index is 12.7. The zero-order chi connectivity index (χ0) is 39.0. The first-order valence-electron chi connectivity index (χ1n) is 23.2. The largest absolute Gasteiger partial charge is 0.462 e. The third-order valence-electron chi connectivity index (χ3n) is 10.5. The Morgan fingerprint density at radius 1 is 0.358 bits per heavy atom. The van der Waals surface area contributed by atoms with Crippen LogP contribution in [0.25, 0.3) is 0 Å². The summed E-state index contributed by atoms with van der Waals surface area (Å²) >= 11 is 0. The lowest BCUT2D eigenvalue weighted by molar-refractivity contribution is -0.167. The lowest BCUT2D eigenvalue weighted by atomic mass is 10.0. The second-order valence-electron chi connectivity index (χ2n) is 17.0. The topological polar surface area (TPSA) is 78.9 Å². The molecule has 314 valence electrons. The number of carbonyl (C=O) groups excluding carboxylic acids is 3. The molecule has 6 heteroatoms. The molecule has 0 saturated heterocycles. The van der Waals surface area contributed by atoms with Crippen LogP contribution < -0.4 is 0 Å². The molecule has 0 aromatic heterocycles. The standard InChI is InChI=1S/C47H90O6/c1-6-7-8-9-10-11-16-22-27-32-37-45(48)51-40-44(53-47(50)39-34-29-24-19-18-21-26-31-36-43(4)5)41-52-46(49)38-33-28-23-17-14-12-13-15-20-25-30-35-42(2)3/h42-44H,6-41H2,1-5H3/t44-/m1/s1. The molecule has 0 bridgehead atoms. The van der Waals surface area contributed by atoms with Gasteiger partial charge in [0.15, 0.2) is 6.10 Å². The molecule has 0 heterocycles. The van der Waals surface area contributed by atoms with E-state index in [-0.39, 0.29) is 31.1 Å². The fraction of sp³-hybridized carbons (Fsp3) is 0.936. The summed E-state index contributed by atoms with van der Waals surface area (Å²) in [6.07, 6.45) is 38.0. The van der Waals surface area contributed by atoms with Crippen LogP contribution in [0.2, 0.25) is 0 Å². The minimum Gasteiger partial charge on any atom is -0.462 e. The van der Waals surface area contributed by atoms with Gasteiger partial charge in [-0.3, -0.25) is 14.4 Å². The molecule has 6 nitrogen and oxygen atoms in total. The van der Waals surface area contributed by atoms with Gasteiger partial charge in [-0.1, -0.05) is 214 Å². The summed E-state index contributed by atoms with van der Waals surface area (Å²) in [6.45, 7) is 11.3. The summed E-state index contributed by atoms with van der Waals surface area (Å²) in [7, 11) is 0. The summed E-state index contributed by atoms with van der Waals surface area (Å²) in [5.74, 6) is 0.761. The Morgan fingerprint density at radius 3 is 0.925 bits per heavy atom. The number of rotatable bonds is 41. The molecule has 1 atom stereocenters. The Balaban J connectivity index is 4.32. The minimum atomic E-state index is -0.760. The van der Waals surface area contributed by atoms with Gasteiger partial charge in [-0.25, -0.2) is 0 Å². The Labute approximate surface area is 329 Å². The summed E-state index contributed by atoms with van der Waals surface area (Å²) in [5, 5.41) is 0. The van der Waals surface area contributed by atoms with E-state index in [1.165, 1.54) is 141 Å². The number of hydrogen-bond acceptors (Lipinski definition) is 6. The second kappa shape index (κ2) is 40.1. The van der Waals surface area contributed by atoms with Crippen LogP contribution in [-0.2, 0) is 28.6 Å². The fourth-order valence-corrected chi connectivity index (χ4v) is 6.93. The van der Waals surface area contributed by atoms with Crippen molar-refractivity contribution in [3.05, 3.63) is 0 Å². The SMILES string of the molecule is CCCCCCCCCCCCC(=O)OC[C@H](COC(=O)CCCCCCCCCCCCCC(C)C)OC(=O)CCCCCCCCCCC(C)C. The monoisotopic (exact) mass is 751 g/mol. The predicted octanol–water partition coefficient (Wildman–Crippen LogP) is 14.6. The molecule has 0 spiro atoms. The summed E-state index contributed by atoms with van der Waals surface area (Å²) in [5.41, 5.74) is 0. The van der Waals surface area contributed by atoms with Crippen molar-refractivity contribution in [1.29, 1.82) is 0 Å².